The third kappa shape index (κ3) is 2.97. The van der Waals surface area contributed by atoms with Crippen LogP contribution in [-0.4, -0.2) is 16.1 Å². The number of imidazole rings is 1. The van der Waals surface area contributed by atoms with Gasteiger partial charge in [-0.2, -0.15) is 0 Å². The molecular weight excluding hydrogens is 202 g/mol. The smallest absolute Gasteiger partial charge is 0.117 e. The van der Waals surface area contributed by atoms with E-state index in [1.54, 1.807) is 6.20 Å². The van der Waals surface area contributed by atoms with Crippen LogP contribution in [0.25, 0.3) is 0 Å². The maximum atomic E-state index is 5.59. The van der Waals surface area contributed by atoms with Crippen LogP contribution < -0.4 is 5.32 Å². The molecule has 0 fully saturated rings. The van der Waals surface area contributed by atoms with Crippen LogP contribution in [0.15, 0.2) is 35.3 Å². The predicted molar refractivity (Wildman–Crippen MR) is 62.0 cm³/mol. The second-order valence-electron chi connectivity index (χ2n) is 3.70. The number of furan rings is 1. The first kappa shape index (κ1) is 11.0. The number of nitrogens with one attached hydrogen (secondary N) is 1. The minimum atomic E-state index is 0.786. The van der Waals surface area contributed by atoms with Crippen LogP contribution >= 0.6 is 0 Å². The fraction of sp³-hybridized carbons (Fsp3) is 0.417. The lowest BCUT2D eigenvalue weighted by atomic mass is 10.3. The summed E-state index contributed by atoms with van der Waals surface area (Å²) >= 11 is 0. The molecule has 86 valence electrons. The van der Waals surface area contributed by atoms with Crippen molar-refractivity contribution in [3.05, 3.63) is 42.4 Å². The molecule has 16 heavy (non-hydrogen) atoms. The second-order valence-corrected chi connectivity index (χ2v) is 3.70. The van der Waals surface area contributed by atoms with Crippen molar-refractivity contribution < 1.29 is 4.42 Å². The summed E-state index contributed by atoms with van der Waals surface area (Å²) in [5, 5.41) is 3.34. The number of aromatic nitrogens is 2. The monoisotopic (exact) mass is 219 g/mol. The highest BCUT2D eigenvalue weighted by molar-refractivity contribution is 5.06. The minimum absolute atomic E-state index is 0.786. The topological polar surface area (TPSA) is 43.0 Å². The van der Waals surface area contributed by atoms with E-state index in [1.807, 2.05) is 29.2 Å². The van der Waals surface area contributed by atoms with Gasteiger partial charge in [0, 0.05) is 31.9 Å². The molecule has 2 aromatic heterocycles. The molecule has 0 aromatic carbocycles. The lowest BCUT2D eigenvalue weighted by molar-refractivity contribution is 0.446. The average Bonchev–Trinajstić information content (AvgIpc) is 2.95. The van der Waals surface area contributed by atoms with E-state index in [2.05, 4.69) is 17.2 Å². The van der Waals surface area contributed by atoms with Gasteiger partial charge in [-0.1, -0.05) is 6.92 Å². The highest BCUT2D eigenvalue weighted by Gasteiger charge is 1.99. The molecule has 2 aromatic rings. The first-order valence-electron chi connectivity index (χ1n) is 5.62. The van der Waals surface area contributed by atoms with E-state index in [-0.39, 0.29) is 0 Å². The zero-order valence-electron chi connectivity index (χ0n) is 9.52. The first-order chi connectivity index (χ1) is 7.88. The molecule has 0 aliphatic rings. The fourth-order valence-corrected chi connectivity index (χ4v) is 1.55. The van der Waals surface area contributed by atoms with Crippen LogP contribution in [0.5, 0.6) is 0 Å². The molecule has 0 aliphatic heterocycles. The van der Waals surface area contributed by atoms with Crippen molar-refractivity contribution in [2.45, 2.75) is 26.4 Å². The summed E-state index contributed by atoms with van der Waals surface area (Å²) in [4.78, 5) is 3.99. The van der Waals surface area contributed by atoms with Crippen LogP contribution in [0.4, 0.5) is 0 Å². The molecule has 0 atom stereocenters. The third-order valence-electron chi connectivity index (χ3n) is 2.47. The Morgan fingerprint density at radius 1 is 1.38 bits per heavy atom. The van der Waals surface area contributed by atoms with Crippen LogP contribution in [0.1, 0.15) is 18.4 Å². The summed E-state index contributed by atoms with van der Waals surface area (Å²) in [6, 6.07) is 4.07. The maximum absolute atomic E-state index is 5.59. The van der Waals surface area contributed by atoms with Crippen molar-refractivity contribution in [2.75, 3.05) is 6.54 Å². The highest BCUT2D eigenvalue weighted by atomic mass is 16.3. The van der Waals surface area contributed by atoms with Gasteiger partial charge in [0.1, 0.15) is 11.5 Å². The number of hydrogen-bond donors (Lipinski definition) is 1. The number of nitrogens with zero attached hydrogens (tertiary/aromatic N) is 2. The first-order valence-corrected chi connectivity index (χ1v) is 5.62. The SMILES string of the molecule is CCc1ccc(CNCCn2ccnc2)o1. The van der Waals surface area contributed by atoms with E-state index in [9.17, 15) is 0 Å². The molecule has 4 nitrogen and oxygen atoms in total. The molecule has 0 amide bonds. The van der Waals surface area contributed by atoms with Gasteiger partial charge in [-0.05, 0) is 12.1 Å². The largest absolute Gasteiger partial charge is 0.465 e. The molecule has 2 rings (SSSR count). The Hall–Kier alpha value is -1.55. The van der Waals surface area contributed by atoms with E-state index in [0.29, 0.717) is 0 Å². The van der Waals surface area contributed by atoms with Gasteiger partial charge < -0.3 is 14.3 Å². The van der Waals surface area contributed by atoms with Gasteiger partial charge in [0.15, 0.2) is 0 Å². The van der Waals surface area contributed by atoms with E-state index in [1.165, 1.54) is 0 Å². The standard InChI is InChI=1S/C12H17N3O/c1-2-11-3-4-12(16-11)9-13-5-7-15-8-6-14-10-15/h3-4,6,8,10,13H,2,5,7,9H2,1H3. The van der Waals surface area contributed by atoms with Gasteiger partial charge in [0.2, 0.25) is 0 Å². The molecule has 0 saturated heterocycles. The predicted octanol–water partition coefficient (Wildman–Crippen LogP) is 1.83. The van der Waals surface area contributed by atoms with Gasteiger partial charge in [-0.3, -0.25) is 0 Å². The highest BCUT2D eigenvalue weighted by Crippen LogP contribution is 2.07. The Kier molecular flexibility index (Phi) is 3.77. The molecule has 0 unspecified atom stereocenters. The fourth-order valence-electron chi connectivity index (χ4n) is 1.55. The van der Waals surface area contributed by atoms with Crippen molar-refractivity contribution in [1.82, 2.24) is 14.9 Å². The van der Waals surface area contributed by atoms with E-state index >= 15 is 0 Å². The third-order valence-corrected chi connectivity index (χ3v) is 2.47. The molecule has 0 radical (unpaired) electrons. The van der Waals surface area contributed by atoms with Crippen molar-refractivity contribution in [3.8, 4) is 0 Å². The molecule has 0 spiro atoms. The molecule has 0 bridgehead atoms. The molecule has 0 aliphatic carbocycles. The number of hydrogen-bond acceptors (Lipinski definition) is 3. The van der Waals surface area contributed by atoms with Crippen LogP contribution in [0.3, 0.4) is 0 Å². The Balaban J connectivity index is 1.68. The lowest BCUT2D eigenvalue weighted by Gasteiger charge is -2.03. The quantitative estimate of drug-likeness (QED) is 0.754. The lowest BCUT2D eigenvalue weighted by Crippen LogP contribution is -2.18. The Labute approximate surface area is 95.3 Å². The molecule has 0 saturated carbocycles. The molecule has 1 N–H and O–H groups in total. The second kappa shape index (κ2) is 5.51. The van der Waals surface area contributed by atoms with Gasteiger partial charge in [-0.25, -0.2) is 4.98 Å². The number of rotatable bonds is 6. The van der Waals surface area contributed by atoms with Gasteiger partial charge in [-0.15, -0.1) is 0 Å². The summed E-state index contributed by atoms with van der Waals surface area (Å²) in [6.45, 7) is 4.73. The average molecular weight is 219 g/mol. The van der Waals surface area contributed by atoms with E-state index < -0.39 is 0 Å². The Morgan fingerprint density at radius 2 is 2.25 bits per heavy atom. The summed E-state index contributed by atoms with van der Waals surface area (Å²) in [5.74, 6) is 2.05. The van der Waals surface area contributed by atoms with Gasteiger partial charge in [0.05, 0.1) is 12.9 Å². The normalized spacial score (nSPS) is 10.8. The summed E-state index contributed by atoms with van der Waals surface area (Å²) < 4.78 is 7.64. The zero-order valence-corrected chi connectivity index (χ0v) is 9.52. The summed E-state index contributed by atoms with van der Waals surface area (Å²) in [5.41, 5.74) is 0. The van der Waals surface area contributed by atoms with Crippen LogP contribution in [0.2, 0.25) is 0 Å². The van der Waals surface area contributed by atoms with Crippen molar-refractivity contribution in [2.24, 2.45) is 0 Å². The minimum Gasteiger partial charge on any atom is -0.465 e. The van der Waals surface area contributed by atoms with E-state index in [0.717, 1.165) is 37.6 Å². The maximum Gasteiger partial charge on any atom is 0.117 e. The van der Waals surface area contributed by atoms with Crippen molar-refractivity contribution >= 4 is 0 Å². The Morgan fingerprint density at radius 3 is 2.94 bits per heavy atom. The van der Waals surface area contributed by atoms with Crippen molar-refractivity contribution in [1.29, 1.82) is 0 Å². The summed E-state index contributed by atoms with van der Waals surface area (Å²) in [6.07, 6.45) is 6.53. The van der Waals surface area contributed by atoms with Crippen LogP contribution in [-0.2, 0) is 19.5 Å². The molecule has 4 heteroatoms. The molecular formula is C12H17N3O. The zero-order chi connectivity index (χ0) is 11.2. The van der Waals surface area contributed by atoms with Crippen LogP contribution in [0, 0.1) is 0 Å². The van der Waals surface area contributed by atoms with E-state index in [4.69, 9.17) is 4.42 Å². The van der Waals surface area contributed by atoms with Gasteiger partial charge >= 0.3 is 0 Å². The summed E-state index contributed by atoms with van der Waals surface area (Å²) in [7, 11) is 0. The number of aryl methyl sites for hydroxylation is 1. The Bertz CT molecular complexity index is 406. The van der Waals surface area contributed by atoms with Crippen molar-refractivity contribution in [3.63, 3.8) is 0 Å². The molecule has 2 heterocycles. The van der Waals surface area contributed by atoms with Gasteiger partial charge in [0.25, 0.3) is 0 Å².